The molecular weight excluding hydrogens is 438 g/mol. The summed E-state index contributed by atoms with van der Waals surface area (Å²) in [5, 5.41) is 8.86. The number of Topliss-reactive ketones (excluding diaryl/α,β-unsaturated/α-hetero) is 1. The van der Waals surface area contributed by atoms with Crippen molar-refractivity contribution in [2.75, 3.05) is 24.6 Å². The van der Waals surface area contributed by atoms with Crippen LogP contribution in [0, 0.1) is 11.3 Å². The molecule has 32 heavy (non-hydrogen) atoms. The highest BCUT2D eigenvalue weighted by Gasteiger charge is 2.36. The maximum absolute atomic E-state index is 13.2. The Hall–Kier alpha value is -3.22. The van der Waals surface area contributed by atoms with Gasteiger partial charge in [-0.25, -0.2) is 0 Å². The quantitative estimate of drug-likeness (QED) is 0.341. The van der Waals surface area contributed by atoms with Crippen molar-refractivity contribution in [1.82, 2.24) is 0 Å². The minimum absolute atomic E-state index is 0.0447. The maximum Gasteiger partial charge on any atom is 0.417 e. The number of carbonyl (C=O) groups is 1. The molecule has 2 rings (SSSR count). The summed E-state index contributed by atoms with van der Waals surface area (Å²) in [6.45, 7) is -0.240. The van der Waals surface area contributed by atoms with Crippen LogP contribution in [0.25, 0.3) is 0 Å². The molecular formula is C22H20F6N2O2. The molecule has 2 aromatic rings. The zero-order valence-corrected chi connectivity index (χ0v) is 17.1. The summed E-state index contributed by atoms with van der Waals surface area (Å²) in [6, 6.07) is 9.87. The zero-order chi connectivity index (χ0) is 23.9. The molecule has 10 heteroatoms. The van der Waals surface area contributed by atoms with Crippen molar-refractivity contribution in [3.8, 4) is 11.8 Å². The van der Waals surface area contributed by atoms with Crippen LogP contribution >= 0.6 is 0 Å². The van der Waals surface area contributed by atoms with Gasteiger partial charge in [0.1, 0.15) is 18.9 Å². The SMILES string of the molecule is CCCC(=O)c1ccc(OCCN(CC(F)(F)F)c2ccc(C#N)c(C(F)(F)F)c2)cc1. The van der Waals surface area contributed by atoms with Crippen LogP contribution in [0.15, 0.2) is 42.5 Å². The summed E-state index contributed by atoms with van der Waals surface area (Å²) in [6.07, 6.45) is -8.49. The first-order valence-corrected chi connectivity index (χ1v) is 9.63. The summed E-state index contributed by atoms with van der Waals surface area (Å²) in [7, 11) is 0. The van der Waals surface area contributed by atoms with Gasteiger partial charge in [-0.3, -0.25) is 4.79 Å². The molecule has 0 aliphatic heterocycles. The Morgan fingerprint density at radius 2 is 1.72 bits per heavy atom. The van der Waals surface area contributed by atoms with Gasteiger partial charge in [0, 0.05) is 17.7 Å². The van der Waals surface area contributed by atoms with Crippen LogP contribution in [-0.2, 0) is 6.18 Å². The number of benzene rings is 2. The van der Waals surface area contributed by atoms with Crippen LogP contribution in [0.2, 0.25) is 0 Å². The fraction of sp³-hybridized carbons (Fsp3) is 0.364. The van der Waals surface area contributed by atoms with E-state index >= 15 is 0 Å². The van der Waals surface area contributed by atoms with E-state index in [1.165, 1.54) is 30.3 Å². The number of ether oxygens (including phenoxy) is 1. The standard InChI is InChI=1S/C22H20F6N2O2/c1-2-3-20(31)15-5-8-18(9-6-15)32-11-10-30(14-21(23,24)25)17-7-4-16(13-29)19(12-17)22(26,27)28/h4-9,12H,2-3,10-11,14H2,1H3. The smallest absolute Gasteiger partial charge is 0.417 e. The molecule has 0 bridgehead atoms. The first kappa shape index (κ1) is 25.0. The number of ketones is 1. The molecule has 0 amide bonds. The Kier molecular flexibility index (Phi) is 8.14. The predicted octanol–water partition coefficient (Wildman–Crippen LogP) is 6.01. The lowest BCUT2D eigenvalue weighted by atomic mass is 10.1. The van der Waals surface area contributed by atoms with Crippen LogP contribution in [0.4, 0.5) is 32.0 Å². The van der Waals surface area contributed by atoms with E-state index in [4.69, 9.17) is 10.00 Å². The van der Waals surface area contributed by atoms with E-state index in [-0.39, 0.29) is 24.6 Å². The second-order valence-corrected chi connectivity index (χ2v) is 6.92. The topological polar surface area (TPSA) is 53.3 Å². The van der Waals surface area contributed by atoms with E-state index < -0.39 is 30.0 Å². The molecule has 0 heterocycles. The van der Waals surface area contributed by atoms with Crippen LogP contribution < -0.4 is 9.64 Å². The molecule has 0 N–H and O–H groups in total. The van der Waals surface area contributed by atoms with E-state index in [0.29, 0.717) is 35.1 Å². The van der Waals surface area contributed by atoms with Gasteiger partial charge >= 0.3 is 12.4 Å². The molecule has 2 aromatic carbocycles. The maximum atomic E-state index is 13.2. The van der Waals surface area contributed by atoms with Gasteiger partial charge in [-0.05, 0) is 48.9 Å². The van der Waals surface area contributed by atoms with Crippen molar-refractivity contribution in [2.45, 2.75) is 32.1 Å². The number of rotatable bonds is 9. The Bertz CT molecular complexity index is 962. The molecule has 172 valence electrons. The third-order valence-corrected chi connectivity index (χ3v) is 4.45. The molecule has 0 aliphatic carbocycles. The molecule has 0 aromatic heterocycles. The minimum atomic E-state index is -4.89. The molecule has 4 nitrogen and oxygen atoms in total. The fourth-order valence-electron chi connectivity index (χ4n) is 2.96. The second kappa shape index (κ2) is 10.4. The Labute approximate surface area is 181 Å². The number of nitriles is 1. The summed E-state index contributed by atoms with van der Waals surface area (Å²) in [5.74, 6) is 0.262. The van der Waals surface area contributed by atoms with Crippen molar-refractivity contribution in [3.05, 3.63) is 59.2 Å². The van der Waals surface area contributed by atoms with Gasteiger partial charge in [0.25, 0.3) is 0 Å². The van der Waals surface area contributed by atoms with Gasteiger partial charge in [-0.2, -0.15) is 31.6 Å². The second-order valence-electron chi connectivity index (χ2n) is 6.92. The number of halogens is 6. The highest BCUT2D eigenvalue weighted by atomic mass is 19.4. The Morgan fingerprint density at radius 3 is 2.25 bits per heavy atom. The van der Waals surface area contributed by atoms with Crippen LogP contribution in [0.5, 0.6) is 5.75 Å². The van der Waals surface area contributed by atoms with E-state index in [1.807, 2.05) is 6.92 Å². The van der Waals surface area contributed by atoms with Crippen LogP contribution in [0.1, 0.15) is 41.3 Å². The van der Waals surface area contributed by atoms with Crippen LogP contribution in [0.3, 0.4) is 0 Å². The number of nitrogens with zero attached hydrogens (tertiary/aromatic N) is 2. The highest BCUT2D eigenvalue weighted by molar-refractivity contribution is 5.96. The van der Waals surface area contributed by atoms with Crippen LogP contribution in [-0.4, -0.2) is 31.7 Å². The van der Waals surface area contributed by atoms with E-state index in [2.05, 4.69) is 0 Å². The molecule has 0 aliphatic rings. The minimum Gasteiger partial charge on any atom is -0.492 e. The summed E-state index contributed by atoms with van der Waals surface area (Å²) in [4.78, 5) is 12.5. The molecule has 0 atom stereocenters. The monoisotopic (exact) mass is 458 g/mol. The lowest BCUT2D eigenvalue weighted by Crippen LogP contribution is -2.37. The van der Waals surface area contributed by atoms with Crippen molar-refractivity contribution in [2.24, 2.45) is 0 Å². The van der Waals surface area contributed by atoms with Crippen molar-refractivity contribution >= 4 is 11.5 Å². The summed E-state index contributed by atoms with van der Waals surface area (Å²) < 4.78 is 84.0. The largest absolute Gasteiger partial charge is 0.492 e. The summed E-state index contributed by atoms with van der Waals surface area (Å²) in [5.41, 5.74) is -1.84. The first-order chi connectivity index (χ1) is 14.9. The van der Waals surface area contributed by atoms with Gasteiger partial charge in [0.2, 0.25) is 0 Å². The Balaban J connectivity index is 2.16. The third kappa shape index (κ3) is 7.18. The van der Waals surface area contributed by atoms with Gasteiger partial charge in [-0.1, -0.05) is 6.92 Å². The molecule has 0 unspecified atom stereocenters. The van der Waals surface area contributed by atoms with E-state index in [9.17, 15) is 31.1 Å². The molecule has 0 saturated heterocycles. The van der Waals surface area contributed by atoms with Crippen molar-refractivity contribution in [3.63, 3.8) is 0 Å². The van der Waals surface area contributed by atoms with Crippen molar-refractivity contribution < 1.29 is 35.9 Å². The van der Waals surface area contributed by atoms with E-state index in [0.717, 1.165) is 12.1 Å². The lowest BCUT2D eigenvalue weighted by molar-refractivity contribution is -0.137. The van der Waals surface area contributed by atoms with E-state index in [1.54, 1.807) is 0 Å². The number of carbonyl (C=O) groups excluding carboxylic acids is 1. The van der Waals surface area contributed by atoms with Gasteiger partial charge in [0.15, 0.2) is 5.78 Å². The molecule has 0 spiro atoms. The van der Waals surface area contributed by atoms with Gasteiger partial charge in [0.05, 0.1) is 23.7 Å². The van der Waals surface area contributed by atoms with Gasteiger partial charge < -0.3 is 9.64 Å². The molecule has 0 saturated carbocycles. The average molecular weight is 458 g/mol. The zero-order valence-electron chi connectivity index (χ0n) is 17.1. The lowest BCUT2D eigenvalue weighted by Gasteiger charge is -2.27. The predicted molar refractivity (Wildman–Crippen MR) is 106 cm³/mol. The number of hydrogen-bond acceptors (Lipinski definition) is 4. The average Bonchev–Trinajstić information content (AvgIpc) is 2.71. The number of hydrogen-bond donors (Lipinski definition) is 0. The highest BCUT2D eigenvalue weighted by Crippen LogP contribution is 2.35. The Morgan fingerprint density at radius 1 is 1.06 bits per heavy atom. The molecule has 0 radical (unpaired) electrons. The fourth-order valence-corrected chi connectivity index (χ4v) is 2.96. The van der Waals surface area contributed by atoms with Crippen molar-refractivity contribution in [1.29, 1.82) is 5.26 Å². The number of alkyl halides is 6. The summed E-state index contributed by atoms with van der Waals surface area (Å²) >= 11 is 0. The molecule has 0 fully saturated rings. The number of anilines is 1. The van der Waals surface area contributed by atoms with Gasteiger partial charge in [-0.15, -0.1) is 0 Å². The first-order valence-electron chi connectivity index (χ1n) is 9.63. The third-order valence-electron chi connectivity index (χ3n) is 4.45. The normalized spacial score (nSPS) is 11.7.